The number of phosphoric ester groups is 1. The highest BCUT2D eigenvalue weighted by molar-refractivity contribution is 7.47. The van der Waals surface area contributed by atoms with Crippen LogP contribution in [0.5, 0.6) is 0 Å². The summed E-state index contributed by atoms with van der Waals surface area (Å²) < 4.78 is 32.6. The highest BCUT2D eigenvalue weighted by Gasteiger charge is 2.26. The Morgan fingerprint density at radius 2 is 1.13 bits per heavy atom. The number of ether oxygens (including phenoxy) is 2. The first-order valence-corrected chi connectivity index (χ1v) is 22.2. The first-order chi connectivity index (χ1) is 26.2. The fourth-order valence-corrected chi connectivity index (χ4v) is 5.97. The predicted octanol–water partition coefficient (Wildman–Crippen LogP) is 10.9. The second kappa shape index (κ2) is 38.6. The second-order valence-electron chi connectivity index (χ2n) is 13.5. The van der Waals surface area contributed by atoms with Crippen molar-refractivity contribution in [3.05, 3.63) is 60.8 Å². The molecule has 0 aliphatic carbocycles. The highest BCUT2D eigenvalue weighted by Crippen LogP contribution is 2.43. The van der Waals surface area contributed by atoms with Crippen molar-refractivity contribution in [1.29, 1.82) is 0 Å². The average molecular weight is 780 g/mol. The molecule has 0 radical (unpaired) electrons. The molecule has 1 unspecified atom stereocenters. The third kappa shape index (κ3) is 37.7. The fraction of sp³-hybridized carbons (Fsp3) is 0.698. The van der Waals surface area contributed by atoms with Gasteiger partial charge in [-0.25, -0.2) is 4.57 Å². The molecule has 0 aromatic rings. The lowest BCUT2D eigenvalue weighted by atomic mass is 10.1. The number of rotatable bonds is 38. The molecule has 0 rings (SSSR count). The van der Waals surface area contributed by atoms with Crippen LogP contribution in [0.4, 0.5) is 0 Å². The van der Waals surface area contributed by atoms with Gasteiger partial charge in [-0.15, -0.1) is 0 Å². The summed E-state index contributed by atoms with van der Waals surface area (Å²) in [4.78, 5) is 46.8. The number of hydrogen-bond acceptors (Lipinski definition) is 9. The maximum absolute atomic E-state index is 12.6. The van der Waals surface area contributed by atoms with Gasteiger partial charge in [-0.2, -0.15) is 0 Å². The molecule has 10 nitrogen and oxygen atoms in total. The van der Waals surface area contributed by atoms with E-state index in [0.29, 0.717) is 19.3 Å². The second-order valence-corrected chi connectivity index (χ2v) is 15.0. The molecule has 0 spiro atoms. The molecule has 0 aliphatic heterocycles. The molecule has 0 amide bonds. The largest absolute Gasteiger partial charge is 0.472 e. The number of hydrogen-bond donors (Lipinski definition) is 2. The minimum absolute atomic E-state index is 0.0293. The Hall–Kier alpha value is -2.62. The minimum Gasteiger partial charge on any atom is -0.462 e. The van der Waals surface area contributed by atoms with Gasteiger partial charge >= 0.3 is 19.8 Å². The van der Waals surface area contributed by atoms with E-state index in [1.807, 2.05) is 12.2 Å². The zero-order chi connectivity index (χ0) is 39.8. The summed E-state index contributed by atoms with van der Waals surface area (Å²) in [6, 6.07) is 0. The Labute approximate surface area is 327 Å². The lowest BCUT2D eigenvalue weighted by Crippen LogP contribution is -2.29. The molecule has 2 atom stereocenters. The average Bonchev–Trinajstić information content (AvgIpc) is 3.15. The molecule has 0 aliphatic rings. The molecule has 0 saturated carbocycles. The zero-order valence-electron chi connectivity index (χ0n) is 33.7. The van der Waals surface area contributed by atoms with Crippen molar-refractivity contribution in [2.75, 3.05) is 26.4 Å². The summed E-state index contributed by atoms with van der Waals surface area (Å²) in [6.45, 7) is 3.47. The molecular weight excluding hydrogens is 705 g/mol. The van der Waals surface area contributed by atoms with Gasteiger partial charge in [0.05, 0.1) is 13.2 Å². The van der Waals surface area contributed by atoms with Crippen molar-refractivity contribution < 1.29 is 42.4 Å². The van der Waals surface area contributed by atoms with E-state index in [4.69, 9.17) is 24.3 Å². The summed E-state index contributed by atoms with van der Waals surface area (Å²) in [5.41, 5.74) is 5.33. The molecule has 0 fully saturated rings. The summed E-state index contributed by atoms with van der Waals surface area (Å²) in [5, 5.41) is 0. The topological polar surface area (TPSA) is 151 Å². The Kier molecular flexibility index (Phi) is 36.8. The van der Waals surface area contributed by atoms with Gasteiger partial charge in [-0.05, 0) is 76.7 Å². The first kappa shape index (κ1) is 51.4. The van der Waals surface area contributed by atoms with Crippen LogP contribution in [0.2, 0.25) is 0 Å². The number of esters is 2. The van der Waals surface area contributed by atoms with Crippen LogP contribution in [-0.4, -0.2) is 55.1 Å². The fourth-order valence-electron chi connectivity index (χ4n) is 5.21. The third-order valence-electron chi connectivity index (χ3n) is 8.35. The van der Waals surface area contributed by atoms with Crippen LogP contribution in [0.1, 0.15) is 162 Å². The maximum Gasteiger partial charge on any atom is 0.472 e. The normalized spacial score (nSPS) is 13.9. The molecule has 0 bridgehead atoms. The predicted molar refractivity (Wildman–Crippen MR) is 220 cm³/mol. The summed E-state index contributed by atoms with van der Waals surface area (Å²) >= 11 is 0. The number of phosphoric acid groups is 1. The van der Waals surface area contributed by atoms with E-state index >= 15 is 0 Å². The maximum atomic E-state index is 12.6. The SMILES string of the molecule is CCCCC/C=C\C=C\C(=O)CCCCCCCC(=O)OC[C@H](COP(=O)(O)OCCN)OC(=O)CCCCCC/C=C\C/C=C\C/C=C\CCCCC. The molecule has 54 heavy (non-hydrogen) atoms. The lowest BCUT2D eigenvalue weighted by Gasteiger charge is -2.19. The van der Waals surface area contributed by atoms with Crippen LogP contribution < -0.4 is 5.73 Å². The smallest absolute Gasteiger partial charge is 0.462 e. The number of unbranched alkanes of at least 4 members (excludes halogenated alkanes) is 14. The Balaban J connectivity index is 4.33. The van der Waals surface area contributed by atoms with Crippen LogP contribution in [0.25, 0.3) is 0 Å². The number of nitrogens with two attached hydrogens (primary N) is 1. The molecular formula is C43H74NO9P. The van der Waals surface area contributed by atoms with Crippen molar-refractivity contribution in [3.8, 4) is 0 Å². The van der Waals surface area contributed by atoms with Crippen molar-refractivity contribution in [2.45, 2.75) is 168 Å². The van der Waals surface area contributed by atoms with E-state index in [1.54, 1.807) is 6.08 Å². The van der Waals surface area contributed by atoms with E-state index < -0.39 is 32.5 Å². The zero-order valence-corrected chi connectivity index (χ0v) is 34.6. The molecule has 3 N–H and O–H groups in total. The highest BCUT2D eigenvalue weighted by atomic mass is 31.2. The number of allylic oxidation sites excluding steroid dienone is 10. The summed E-state index contributed by atoms with van der Waals surface area (Å²) in [7, 11) is -4.41. The van der Waals surface area contributed by atoms with Crippen LogP contribution in [0.3, 0.4) is 0 Å². The van der Waals surface area contributed by atoms with Gasteiger partial charge in [-0.3, -0.25) is 23.4 Å². The summed E-state index contributed by atoms with van der Waals surface area (Å²) in [6.07, 6.45) is 40.7. The van der Waals surface area contributed by atoms with Gasteiger partial charge in [0, 0.05) is 25.8 Å². The van der Waals surface area contributed by atoms with Crippen LogP contribution >= 0.6 is 7.82 Å². The number of carbonyl (C=O) groups excluding carboxylic acids is 3. The van der Waals surface area contributed by atoms with Gasteiger partial charge in [0.15, 0.2) is 11.9 Å². The van der Waals surface area contributed by atoms with Gasteiger partial charge in [0.2, 0.25) is 0 Å². The standard InChI is InChI=1S/C43H74NO9P/c1-3-5-7-9-11-12-13-14-15-16-17-18-19-20-22-26-31-35-43(47)53-41(39-52-54(48,49)51-37-36-44)38-50-42(46)34-30-27-23-25-29-33-40(45)32-28-24-21-10-8-6-4-2/h11-12,14-15,17-18,21,24,28,32,41H,3-10,13,16,19-20,22-23,25-27,29-31,33-39,44H2,1-2H3,(H,48,49)/b12-11-,15-14-,18-17-,24-21-,32-28+/t41-/m1/s1. The molecule has 0 saturated heterocycles. The molecule has 11 heteroatoms. The quantitative estimate of drug-likeness (QED) is 0.0155. The monoisotopic (exact) mass is 780 g/mol. The van der Waals surface area contributed by atoms with E-state index in [1.165, 1.54) is 44.9 Å². The molecule has 0 heterocycles. The van der Waals surface area contributed by atoms with Gasteiger partial charge in [0.1, 0.15) is 6.61 Å². The van der Waals surface area contributed by atoms with Crippen LogP contribution in [0, 0.1) is 0 Å². The lowest BCUT2D eigenvalue weighted by molar-refractivity contribution is -0.161. The van der Waals surface area contributed by atoms with E-state index in [9.17, 15) is 23.8 Å². The van der Waals surface area contributed by atoms with Crippen molar-refractivity contribution >= 4 is 25.5 Å². The van der Waals surface area contributed by atoms with Crippen LogP contribution in [-0.2, 0) is 37.5 Å². The van der Waals surface area contributed by atoms with Gasteiger partial charge in [-0.1, -0.05) is 126 Å². The van der Waals surface area contributed by atoms with Crippen molar-refractivity contribution in [2.24, 2.45) is 5.73 Å². The molecule has 0 aromatic carbocycles. The van der Waals surface area contributed by atoms with E-state index in [0.717, 1.165) is 70.6 Å². The van der Waals surface area contributed by atoms with Crippen LogP contribution in [0.15, 0.2) is 60.8 Å². The third-order valence-corrected chi connectivity index (χ3v) is 9.34. The van der Waals surface area contributed by atoms with Gasteiger partial charge in [0.25, 0.3) is 0 Å². The number of carbonyl (C=O) groups is 3. The van der Waals surface area contributed by atoms with E-state index in [2.05, 4.69) is 56.4 Å². The van der Waals surface area contributed by atoms with E-state index in [-0.39, 0.29) is 38.4 Å². The Bertz CT molecular complexity index is 1130. The Morgan fingerprint density at radius 1 is 0.611 bits per heavy atom. The first-order valence-electron chi connectivity index (χ1n) is 20.7. The number of ketones is 1. The van der Waals surface area contributed by atoms with Crippen molar-refractivity contribution in [3.63, 3.8) is 0 Å². The summed E-state index contributed by atoms with van der Waals surface area (Å²) in [5.74, 6) is -0.833. The van der Waals surface area contributed by atoms with Gasteiger partial charge < -0.3 is 20.1 Å². The minimum atomic E-state index is -4.41. The molecule has 0 aromatic heterocycles. The Morgan fingerprint density at radius 3 is 1.74 bits per heavy atom. The van der Waals surface area contributed by atoms with Crippen molar-refractivity contribution in [1.82, 2.24) is 0 Å². The molecule has 310 valence electrons.